The van der Waals surface area contributed by atoms with E-state index in [4.69, 9.17) is 14.2 Å². The molecule has 0 aliphatic carbocycles. The van der Waals surface area contributed by atoms with E-state index in [2.05, 4.69) is 124 Å². The molecule has 0 amide bonds. The summed E-state index contributed by atoms with van der Waals surface area (Å²) in [7, 11) is 0. The molecule has 452 valence electrons. The molecule has 0 N–H and O–H groups in total. The zero-order chi connectivity index (χ0) is 57.1. The molecular formula is C73H124O6. The first-order chi connectivity index (χ1) is 39.0. The van der Waals surface area contributed by atoms with Gasteiger partial charge in [-0.25, -0.2) is 0 Å². The summed E-state index contributed by atoms with van der Waals surface area (Å²) >= 11 is 0. The molecular weight excluding hydrogens is 973 g/mol. The molecule has 0 fully saturated rings. The molecule has 0 spiro atoms. The number of allylic oxidation sites excluding steroid dienone is 18. The molecule has 0 heterocycles. The maximum Gasteiger partial charge on any atom is 0.306 e. The Morgan fingerprint density at radius 2 is 0.519 bits per heavy atom. The lowest BCUT2D eigenvalue weighted by Gasteiger charge is -2.18. The van der Waals surface area contributed by atoms with Crippen LogP contribution in [-0.2, 0) is 28.6 Å². The van der Waals surface area contributed by atoms with E-state index < -0.39 is 12.1 Å². The van der Waals surface area contributed by atoms with Crippen LogP contribution in [0.15, 0.2) is 109 Å². The number of ether oxygens (including phenoxy) is 3. The lowest BCUT2D eigenvalue weighted by Crippen LogP contribution is -2.30. The van der Waals surface area contributed by atoms with Gasteiger partial charge in [-0.2, -0.15) is 0 Å². The van der Waals surface area contributed by atoms with Gasteiger partial charge in [0.15, 0.2) is 6.10 Å². The Morgan fingerprint density at radius 3 is 0.823 bits per heavy atom. The van der Waals surface area contributed by atoms with Crippen LogP contribution in [0.5, 0.6) is 0 Å². The highest BCUT2D eigenvalue weighted by atomic mass is 16.6. The van der Waals surface area contributed by atoms with E-state index in [0.29, 0.717) is 19.3 Å². The SMILES string of the molecule is CC/C=C\C/C=C\C/C=C\C/C=C\C/C=C\C/C=C\CCC(=O)OC(COC(=O)CCCCCCCCCCC)COC(=O)CCCCCCCCCCCCCCCCCCCC/C=C\C/C=C\C/C=C\CCCCCCC. The van der Waals surface area contributed by atoms with Gasteiger partial charge in [-0.1, -0.05) is 310 Å². The summed E-state index contributed by atoms with van der Waals surface area (Å²) in [4.78, 5) is 38.1. The van der Waals surface area contributed by atoms with Crippen molar-refractivity contribution in [3.63, 3.8) is 0 Å². The van der Waals surface area contributed by atoms with Gasteiger partial charge in [0, 0.05) is 19.3 Å². The van der Waals surface area contributed by atoms with Crippen LogP contribution in [0.2, 0.25) is 0 Å². The van der Waals surface area contributed by atoms with Crippen LogP contribution >= 0.6 is 0 Å². The van der Waals surface area contributed by atoms with E-state index in [9.17, 15) is 14.4 Å². The highest BCUT2D eigenvalue weighted by Crippen LogP contribution is 2.17. The molecule has 6 nitrogen and oxygen atoms in total. The Kier molecular flexibility index (Phi) is 63.3. The van der Waals surface area contributed by atoms with Crippen LogP contribution < -0.4 is 0 Å². The molecule has 0 aliphatic heterocycles. The van der Waals surface area contributed by atoms with Gasteiger partial charge in [-0.05, 0) is 96.3 Å². The van der Waals surface area contributed by atoms with Crippen molar-refractivity contribution in [2.75, 3.05) is 13.2 Å². The van der Waals surface area contributed by atoms with Crippen molar-refractivity contribution in [2.45, 2.75) is 322 Å². The van der Waals surface area contributed by atoms with Gasteiger partial charge < -0.3 is 14.2 Å². The third-order valence-corrected chi connectivity index (χ3v) is 14.3. The molecule has 0 aromatic heterocycles. The van der Waals surface area contributed by atoms with Crippen molar-refractivity contribution in [3.8, 4) is 0 Å². The first-order valence-corrected chi connectivity index (χ1v) is 33.4. The van der Waals surface area contributed by atoms with Crippen LogP contribution in [0.1, 0.15) is 316 Å². The van der Waals surface area contributed by atoms with E-state index in [1.165, 1.54) is 180 Å². The van der Waals surface area contributed by atoms with Gasteiger partial charge in [-0.15, -0.1) is 0 Å². The normalized spacial score (nSPS) is 12.8. The molecule has 0 saturated heterocycles. The maximum absolute atomic E-state index is 12.8. The monoisotopic (exact) mass is 1100 g/mol. The lowest BCUT2D eigenvalue weighted by atomic mass is 10.0. The number of carbonyl (C=O) groups excluding carboxylic acids is 3. The Hall–Kier alpha value is -3.93. The number of rotatable bonds is 60. The fourth-order valence-corrected chi connectivity index (χ4v) is 9.30. The van der Waals surface area contributed by atoms with Gasteiger partial charge >= 0.3 is 17.9 Å². The van der Waals surface area contributed by atoms with E-state index in [1.54, 1.807) is 0 Å². The Morgan fingerprint density at radius 1 is 0.266 bits per heavy atom. The molecule has 0 bridgehead atoms. The van der Waals surface area contributed by atoms with Crippen molar-refractivity contribution < 1.29 is 28.6 Å². The fourth-order valence-electron chi connectivity index (χ4n) is 9.30. The van der Waals surface area contributed by atoms with Crippen molar-refractivity contribution in [3.05, 3.63) is 109 Å². The highest BCUT2D eigenvalue weighted by Gasteiger charge is 2.19. The van der Waals surface area contributed by atoms with Crippen LogP contribution in [0.4, 0.5) is 0 Å². The van der Waals surface area contributed by atoms with E-state index >= 15 is 0 Å². The Balaban J connectivity index is 4.17. The van der Waals surface area contributed by atoms with Gasteiger partial charge in [0.2, 0.25) is 0 Å². The first kappa shape index (κ1) is 75.1. The summed E-state index contributed by atoms with van der Waals surface area (Å²) in [5, 5.41) is 0. The van der Waals surface area contributed by atoms with E-state index in [0.717, 1.165) is 89.9 Å². The predicted octanol–water partition coefficient (Wildman–Crippen LogP) is 23.0. The summed E-state index contributed by atoms with van der Waals surface area (Å²) < 4.78 is 16.8. The summed E-state index contributed by atoms with van der Waals surface area (Å²) in [6, 6.07) is 0. The highest BCUT2D eigenvalue weighted by molar-refractivity contribution is 5.71. The third kappa shape index (κ3) is 64.8. The van der Waals surface area contributed by atoms with Crippen molar-refractivity contribution in [1.29, 1.82) is 0 Å². The average Bonchev–Trinajstić information content (AvgIpc) is 3.45. The molecule has 0 aromatic rings. The lowest BCUT2D eigenvalue weighted by molar-refractivity contribution is -0.166. The zero-order valence-corrected chi connectivity index (χ0v) is 51.9. The van der Waals surface area contributed by atoms with Crippen molar-refractivity contribution >= 4 is 17.9 Å². The standard InChI is InChI=1S/C73H124O6/c1-4-7-10-13-16-19-21-23-25-27-29-30-31-32-33-34-35-36-37-38-39-40-41-42-44-45-47-49-51-54-57-60-63-66-72(75)78-69-70(68-77-71(74)65-62-59-56-53-18-15-12-9-6-3)79-73(76)67-64-61-58-55-52-50-48-46-43-28-26-24-22-20-17-14-11-8-5-2/h8,11,17,20-21,23-24,26-27,29,31-32,43,46,50,52,58,61,70H,4-7,9-10,12-16,18-19,22,25,28,30,33-42,44-45,47-49,51,53-57,59-60,62-69H2,1-3H3/b11-8-,20-17-,23-21-,26-24-,29-27-,32-31-,46-43-,52-50-,61-58-. The summed E-state index contributed by atoms with van der Waals surface area (Å²) in [6.45, 7) is 6.45. The molecule has 1 atom stereocenters. The molecule has 0 rings (SSSR count). The second kappa shape index (κ2) is 66.6. The summed E-state index contributed by atoms with van der Waals surface area (Å²) in [5.74, 6) is -0.986. The van der Waals surface area contributed by atoms with Crippen LogP contribution in [0.25, 0.3) is 0 Å². The predicted molar refractivity (Wildman–Crippen MR) is 343 cm³/mol. The average molecular weight is 1100 g/mol. The minimum Gasteiger partial charge on any atom is -0.462 e. The molecule has 79 heavy (non-hydrogen) atoms. The molecule has 6 heteroatoms. The van der Waals surface area contributed by atoms with E-state index in [1.807, 2.05) is 6.08 Å². The number of unbranched alkanes of at least 4 members (excludes halogenated alkanes) is 31. The molecule has 0 radical (unpaired) electrons. The number of hydrogen-bond acceptors (Lipinski definition) is 6. The largest absolute Gasteiger partial charge is 0.462 e. The van der Waals surface area contributed by atoms with Crippen LogP contribution in [0, 0.1) is 0 Å². The number of hydrogen-bond donors (Lipinski definition) is 0. The number of carbonyl (C=O) groups is 3. The summed E-state index contributed by atoms with van der Waals surface area (Å²) in [5.41, 5.74) is 0. The van der Waals surface area contributed by atoms with Gasteiger partial charge in [0.05, 0.1) is 0 Å². The second-order valence-electron chi connectivity index (χ2n) is 22.0. The zero-order valence-electron chi connectivity index (χ0n) is 51.9. The smallest absolute Gasteiger partial charge is 0.306 e. The van der Waals surface area contributed by atoms with Crippen molar-refractivity contribution in [1.82, 2.24) is 0 Å². The minimum absolute atomic E-state index is 0.106. The first-order valence-electron chi connectivity index (χ1n) is 33.4. The van der Waals surface area contributed by atoms with Crippen LogP contribution in [0.3, 0.4) is 0 Å². The second-order valence-corrected chi connectivity index (χ2v) is 22.0. The topological polar surface area (TPSA) is 78.9 Å². The minimum atomic E-state index is -0.817. The Bertz CT molecular complexity index is 1590. The molecule has 1 unspecified atom stereocenters. The summed E-state index contributed by atoms with van der Waals surface area (Å²) in [6.07, 6.45) is 91.4. The van der Waals surface area contributed by atoms with Gasteiger partial charge in [0.1, 0.15) is 13.2 Å². The quantitative estimate of drug-likeness (QED) is 0.0261. The molecule has 0 aliphatic rings. The molecule has 0 saturated carbocycles. The van der Waals surface area contributed by atoms with Gasteiger partial charge in [0.25, 0.3) is 0 Å². The number of esters is 3. The Labute approximate surface area is 489 Å². The van der Waals surface area contributed by atoms with Gasteiger partial charge in [-0.3, -0.25) is 14.4 Å². The van der Waals surface area contributed by atoms with Crippen molar-refractivity contribution in [2.24, 2.45) is 0 Å². The maximum atomic E-state index is 12.8. The third-order valence-electron chi connectivity index (χ3n) is 14.3. The van der Waals surface area contributed by atoms with Crippen LogP contribution in [-0.4, -0.2) is 37.2 Å². The van der Waals surface area contributed by atoms with E-state index in [-0.39, 0.29) is 31.6 Å². The molecule has 0 aromatic carbocycles. The fraction of sp³-hybridized carbons (Fsp3) is 0.712.